The van der Waals surface area contributed by atoms with Crippen LogP contribution in [0.2, 0.25) is 0 Å². The number of nitrogens with zero attached hydrogens (tertiary/aromatic N) is 5. The molecule has 1 amide bonds. The monoisotopic (exact) mass is 550 g/mol. The number of nitriles is 1. The van der Waals surface area contributed by atoms with E-state index in [0.29, 0.717) is 30.0 Å². The minimum Gasteiger partial charge on any atom is -0.366 e. The van der Waals surface area contributed by atoms with E-state index in [1.807, 2.05) is 24.0 Å². The molecular formula is C34H42N6O. The fourth-order valence-electron chi connectivity index (χ4n) is 6.16. The van der Waals surface area contributed by atoms with Crippen molar-refractivity contribution in [3.05, 3.63) is 88.4 Å². The molecule has 1 aromatic heterocycles. The molecule has 1 N–H and O–H groups in total. The van der Waals surface area contributed by atoms with Gasteiger partial charge in [0.15, 0.2) is 0 Å². The lowest BCUT2D eigenvalue weighted by molar-refractivity contribution is 0.0572. The second-order valence-electron chi connectivity index (χ2n) is 12.6. The molecule has 2 saturated heterocycles. The van der Waals surface area contributed by atoms with E-state index in [1.165, 1.54) is 23.0 Å². The van der Waals surface area contributed by atoms with E-state index < -0.39 is 0 Å². The van der Waals surface area contributed by atoms with Gasteiger partial charge >= 0.3 is 0 Å². The molecule has 0 aliphatic carbocycles. The summed E-state index contributed by atoms with van der Waals surface area (Å²) in [6, 6.07) is 19.5. The summed E-state index contributed by atoms with van der Waals surface area (Å²) in [5, 5.41) is 12.5. The van der Waals surface area contributed by atoms with Gasteiger partial charge in [0.25, 0.3) is 5.91 Å². The molecule has 7 nitrogen and oxygen atoms in total. The van der Waals surface area contributed by atoms with E-state index in [0.717, 1.165) is 63.0 Å². The molecule has 0 unspecified atom stereocenters. The van der Waals surface area contributed by atoms with Gasteiger partial charge in [0.1, 0.15) is 17.8 Å². The Labute approximate surface area is 244 Å². The van der Waals surface area contributed by atoms with Crippen molar-refractivity contribution in [2.24, 2.45) is 0 Å². The Morgan fingerprint density at radius 2 is 1.61 bits per heavy atom. The largest absolute Gasteiger partial charge is 0.366 e. The van der Waals surface area contributed by atoms with Gasteiger partial charge in [-0.15, -0.1) is 0 Å². The van der Waals surface area contributed by atoms with Crippen LogP contribution in [0.1, 0.15) is 90.7 Å². The van der Waals surface area contributed by atoms with Gasteiger partial charge in [0.05, 0.1) is 11.6 Å². The number of carbonyl (C=O) groups is 1. The Kier molecular flexibility index (Phi) is 8.70. The summed E-state index contributed by atoms with van der Waals surface area (Å²) in [6.45, 7) is 12.9. The molecule has 7 heteroatoms. The minimum atomic E-state index is 0.000421. The maximum absolute atomic E-state index is 13.5. The summed E-state index contributed by atoms with van der Waals surface area (Å²) >= 11 is 0. The summed E-state index contributed by atoms with van der Waals surface area (Å²) in [6.07, 6.45) is 5.76. The molecule has 0 saturated carbocycles. The van der Waals surface area contributed by atoms with E-state index in [-0.39, 0.29) is 11.3 Å². The maximum Gasteiger partial charge on any atom is 0.272 e. The highest BCUT2D eigenvalue weighted by atomic mass is 16.2. The van der Waals surface area contributed by atoms with Gasteiger partial charge in [0, 0.05) is 31.2 Å². The normalized spacial score (nSPS) is 17.3. The Hall–Kier alpha value is -3.76. The minimum absolute atomic E-state index is 0.000421. The second kappa shape index (κ2) is 12.4. The van der Waals surface area contributed by atoms with Gasteiger partial charge in [-0.25, -0.2) is 9.97 Å². The van der Waals surface area contributed by atoms with Crippen LogP contribution in [-0.2, 0) is 12.0 Å². The first-order valence-corrected chi connectivity index (χ1v) is 14.9. The third kappa shape index (κ3) is 6.77. The molecular weight excluding hydrogens is 508 g/mol. The average molecular weight is 551 g/mol. The molecule has 2 fully saturated rings. The maximum atomic E-state index is 13.5. The second-order valence-corrected chi connectivity index (χ2v) is 12.6. The molecule has 0 atom stereocenters. The lowest BCUT2D eigenvalue weighted by Crippen LogP contribution is -2.49. The van der Waals surface area contributed by atoms with Crippen molar-refractivity contribution < 1.29 is 4.79 Å². The summed E-state index contributed by atoms with van der Waals surface area (Å²) in [5.41, 5.74) is 5.97. The number of anilines is 1. The molecule has 214 valence electrons. The highest BCUT2D eigenvalue weighted by Gasteiger charge is 2.31. The number of rotatable bonds is 6. The van der Waals surface area contributed by atoms with Crippen LogP contribution >= 0.6 is 0 Å². The van der Waals surface area contributed by atoms with E-state index in [4.69, 9.17) is 5.26 Å². The number of benzene rings is 2. The lowest BCUT2D eigenvalue weighted by atomic mass is 9.87. The van der Waals surface area contributed by atoms with Crippen LogP contribution in [0.3, 0.4) is 0 Å². The third-order valence-electron chi connectivity index (χ3n) is 8.88. The molecule has 0 bridgehead atoms. The molecule has 0 spiro atoms. The lowest BCUT2D eigenvalue weighted by Gasteiger charge is -2.42. The quantitative estimate of drug-likeness (QED) is 0.402. The molecule has 2 aliphatic rings. The van der Waals surface area contributed by atoms with Crippen LogP contribution < -0.4 is 5.32 Å². The molecule has 0 radical (unpaired) electrons. The molecule has 2 aliphatic heterocycles. The van der Waals surface area contributed by atoms with Crippen molar-refractivity contribution in [2.45, 2.75) is 77.3 Å². The highest BCUT2D eigenvalue weighted by molar-refractivity contribution is 5.94. The number of hydrogen-bond acceptors (Lipinski definition) is 6. The van der Waals surface area contributed by atoms with Crippen molar-refractivity contribution in [1.82, 2.24) is 19.8 Å². The molecule has 3 aromatic rings. The van der Waals surface area contributed by atoms with Crippen molar-refractivity contribution >= 4 is 11.7 Å². The molecule has 41 heavy (non-hydrogen) atoms. The number of amides is 1. The van der Waals surface area contributed by atoms with Crippen LogP contribution in [0.15, 0.2) is 54.9 Å². The van der Waals surface area contributed by atoms with Gasteiger partial charge in [-0.1, -0.05) is 57.2 Å². The SMILES string of the molecule is Cc1c(NCc2ccc(C(C)(C)C)cc2)ncnc1C(=O)N1CCC(N2CCC(c3ccc(C#N)cc3)CC2)CC1. The van der Waals surface area contributed by atoms with Gasteiger partial charge in [-0.3, -0.25) is 4.79 Å². The molecule has 2 aromatic carbocycles. The van der Waals surface area contributed by atoms with Gasteiger partial charge in [0.2, 0.25) is 0 Å². The number of nitrogens with one attached hydrogen (secondary N) is 1. The van der Waals surface area contributed by atoms with Crippen molar-refractivity contribution in [3.63, 3.8) is 0 Å². The van der Waals surface area contributed by atoms with E-state index in [1.54, 1.807) is 0 Å². The van der Waals surface area contributed by atoms with Gasteiger partial charge in [-0.05, 0) is 85.9 Å². The predicted molar refractivity (Wildman–Crippen MR) is 163 cm³/mol. The number of hydrogen-bond donors (Lipinski definition) is 1. The van der Waals surface area contributed by atoms with Crippen LogP contribution in [0.4, 0.5) is 5.82 Å². The number of aromatic nitrogens is 2. The van der Waals surface area contributed by atoms with E-state index >= 15 is 0 Å². The number of likely N-dealkylation sites (tertiary alicyclic amines) is 2. The first-order chi connectivity index (χ1) is 19.7. The zero-order valence-corrected chi connectivity index (χ0v) is 24.9. The summed E-state index contributed by atoms with van der Waals surface area (Å²) < 4.78 is 0. The summed E-state index contributed by atoms with van der Waals surface area (Å²) in [4.78, 5) is 26.9. The van der Waals surface area contributed by atoms with Crippen LogP contribution in [-0.4, -0.2) is 57.9 Å². The summed E-state index contributed by atoms with van der Waals surface area (Å²) in [7, 11) is 0. The fourth-order valence-corrected chi connectivity index (χ4v) is 6.16. The van der Waals surface area contributed by atoms with Gasteiger partial charge < -0.3 is 15.1 Å². The topological polar surface area (TPSA) is 85.2 Å². The van der Waals surface area contributed by atoms with E-state index in [2.05, 4.69) is 83.4 Å². The zero-order valence-electron chi connectivity index (χ0n) is 24.9. The predicted octanol–water partition coefficient (Wildman–Crippen LogP) is 6.05. The first-order valence-electron chi connectivity index (χ1n) is 14.9. The average Bonchev–Trinajstić information content (AvgIpc) is 3.00. The smallest absolute Gasteiger partial charge is 0.272 e. The van der Waals surface area contributed by atoms with Crippen molar-refractivity contribution in [1.29, 1.82) is 5.26 Å². The van der Waals surface area contributed by atoms with E-state index in [9.17, 15) is 4.79 Å². The van der Waals surface area contributed by atoms with Crippen molar-refractivity contribution in [3.8, 4) is 6.07 Å². The zero-order chi connectivity index (χ0) is 29.0. The van der Waals surface area contributed by atoms with Crippen molar-refractivity contribution in [2.75, 3.05) is 31.5 Å². The first kappa shape index (κ1) is 28.8. The standard InChI is InChI=1S/C34H42N6O/c1-24-31(37-23-38-32(24)36-22-26-7-11-29(12-8-26)34(2,3)4)33(41)40-19-15-30(16-20-40)39-17-13-28(14-18-39)27-9-5-25(21-35)6-10-27/h5-12,23,28,30H,13-20,22H2,1-4H3,(H,36,37,38). The van der Waals surface area contributed by atoms with Crippen LogP contribution in [0.5, 0.6) is 0 Å². The third-order valence-corrected chi connectivity index (χ3v) is 8.88. The summed E-state index contributed by atoms with van der Waals surface area (Å²) in [5.74, 6) is 1.27. The Balaban J connectivity index is 1.12. The number of carbonyl (C=O) groups excluding carboxylic acids is 1. The highest BCUT2D eigenvalue weighted by Crippen LogP contribution is 2.31. The number of piperidine rings is 2. The van der Waals surface area contributed by atoms with Crippen LogP contribution in [0.25, 0.3) is 0 Å². The Bertz CT molecular complexity index is 1370. The fraction of sp³-hybridized carbons (Fsp3) is 0.471. The molecule has 5 rings (SSSR count). The Morgan fingerprint density at radius 1 is 0.951 bits per heavy atom. The molecule has 3 heterocycles. The van der Waals surface area contributed by atoms with Crippen LogP contribution in [0, 0.1) is 18.3 Å². The van der Waals surface area contributed by atoms with Gasteiger partial charge in [-0.2, -0.15) is 5.26 Å². The Morgan fingerprint density at radius 3 is 2.22 bits per heavy atom.